The van der Waals surface area contributed by atoms with E-state index in [1.807, 2.05) is 135 Å². The summed E-state index contributed by atoms with van der Waals surface area (Å²) < 4.78 is 34.4. The minimum Gasteiger partial charge on any atom is -0.456 e. The number of ether oxygens (including phenoxy) is 5. The van der Waals surface area contributed by atoms with E-state index in [1.165, 1.54) is 0 Å². The Morgan fingerprint density at radius 2 is 0.812 bits per heavy atom. The number of pyridine rings is 1. The lowest BCUT2D eigenvalue weighted by molar-refractivity contribution is 0.103. The zero-order valence-corrected chi connectivity index (χ0v) is 61.5. The lowest BCUT2D eigenvalue weighted by atomic mass is 9.69. The van der Waals surface area contributed by atoms with E-state index in [1.54, 1.807) is 72.9 Å². The number of aromatic nitrogens is 1. The predicted molar refractivity (Wildman–Crippen MR) is 403 cm³/mol. The molecule has 0 saturated heterocycles. The predicted octanol–water partition coefficient (Wildman–Crippen LogP) is 24.1. The van der Waals surface area contributed by atoms with E-state index in [0.29, 0.717) is 109 Å². The molecule has 0 N–H and O–H groups in total. The van der Waals surface area contributed by atoms with Crippen LogP contribution < -0.4 is 23.7 Å². The highest BCUT2D eigenvalue weighted by Crippen LogP contribution is 2.52. The van der Waals surface area contributed by atoms with Crippen LogP contribution in [0.15, 0.2) is 194 Å². The number of nitriles is 3. The molecule has 10 rings (SSSR count). The second-order valence-corrected chi connectivity index (χ2v) is 32.1. The lowest BCUT2D eigenvalue weighted by Gasteiger charge is -2.37. The number of hydrogen-bond donors (Lipinski definition) is 0. The van der Waals surface area contributed by atoms with Crippen molar-refractivity contribution in [3.8, 4) is 98.1 Å². The molecule has 101 heavy (non-hydrogen) atoms. The number of carbonyl (C=O) groups excluding carboxylic acids is 2. The standard InChI is InChI=1S/C90H90N4O7/c1-56-36-42-62(65(45-56)83(95)58-28-20-19-21-29-58)60-39-43-64(66(46-60)84(96)59-37-40-61(41-38-59)97-82-35-22-23-44-94-82)63-30-25-32-75(68(63)52-92)99-80-49-73(90(17,18)55-86(6,7)8)81(50-72(80)89(15,16)54-85(3,4)5)101-77-34-26-33-76(69(77)53-93)100-79-48-70(87(9,10)11)78(47-71(79)88(12,13)14)98-74-31-24-27-57(2)67(74)51-91/h19-50H,54-55H2,1-18H3. The number of hydrogen-bond acceptors (Lipinski definition) is 11. The van der Waals surface area contributed by atoms with Gasteiger partial charge in [0.15, 0.2) is 11.6 Å². The van der Waals surface area contributed by atoms with Gasteiger partial charge in [-0.25, -0.2) is 4.98 Å². The van der Waals surface area contributed by atoms with Gasteiger partial charge in [0.2, 0.25) is 5.88 Å². The van der Waals surface area contributed by atoms with Gasteiger partial charge in [-0.3, -0.25) is 9.59 Å². The molecule has 512 valence electrons. The van der Waals surface area contributed by atoms with Gasteiger partial charge in [-0.2, -0.15) is 15.8 Å². The molecule has 0 unspecified atom stereocenters. The number of rotatable bonds is 20. The van der Waals surface area contributed by atoms with Crippen LogP contribution in [0.5, 0.6) is 57.6 Å². The van der Waals surface area contributed by atoms with Crippen molar-refractivity contribution in [2.75, 3.05) is 0 Å². The SMILES string of the molecule is Cc1ccc(-c2ccc(-c3cccc(Oc4cc(C(C)(C)CC(C)(C)C)c(Oc5cccc(Oc6cc(C(C)(C)C)c(Oc7cccc(C)c7C#N)cc6C(C)(C)C)c5C#N)cc4C(C)(C)CC(C)(C)C)c3C#N)c(C(=O)c3ccc(Oc4ccccn4)cc3)c2)c(C(=O)c2ccccc2)c1. The molecule has 0 fully saturated rings. The van der Waals surface area contributed by atoms with E-state index in [9.17, 15) is 20.6 Å². The Labute approximate surface area is 597 Å². The fourth-order valence-electron chi connectivity index (χ4n) is 14.0. The summed E-state index contributed by atoms with van der Waals surface area (Å²) in [5, 5.41) is 33.2. The van der Waals surface area contributed by atoms with Gasteiger partial charge in [0.25, 0.3) is 0 Å². The average molecular weight is 1340 g/mol. The van der Waals surface area contributed by atoms with Crippen LogP contribution in [0.1, 0.15) is 206 Å². The summed E-state index contributed by atoms with van der Waals surface area (Å²) in [6.07, 6.45) is 3.05. The van der Waals surface area contributed by atoms with E-state index < -0.39 is 21.7 Å². The second kappa shape index (κ2) is 28.7. The molecule has 9 aromatic carbocycles. The summed E-state index contributed by atoms with van der Waals surface area (Å²) in [6.45, 7) is 38.4. The second-order valence-electron chi connectivity index (χ2n) is 32.1. The minimum absolute atomic E-state index is 0.158. The summed E-state index contributed by atoms with van der Waals surface area (Å²) in [6, 6.07) is 64.5. The third-order valence-electron chi connectivity index (χ3n) is 17.9. The molecule has 0 aliphatic rings. The maximum atomic E-state index is 15.5. The number of aryl methyl sites for hydroxylation is 2. The summed E-state index contributed by atoms with van der Waals surface area (Å²) in [4.78, 5) is 34.2. The molecule has 0 amide bonds. The van der Waals surface area contributed by atoms with Crippen molar-refractivity contribution in [1.29, 1.82) is 15.8 Å². The number of benzene rings is 9. The van der Waals surface area contributed by atoms with Crippen LogP contribution in [-0.2, 0) is 21.7 Å². The largest absolute Gasteiger partial charge is 0.456 e. The van der Waals surface area contributed by atoms with Crippen molar-refractivity contribution in [1.82, 2.24) is 4.98 Å². The van der Waals surface area contributed by atoms with Gasteiger partial charge in [-0.05, 0) is 172 Å². The Balaban J connectivity index is 1.11. The highest BCUT2D eigenvalue weighted by molar-refractivity contribution is 6.16. The molecule has 0 bridgehead atoms. The van der Waals surface area contributed by atoms with Crippen molar-refractivity contribution >= 4 is 11.6 Å². The van der Waals surface area contributed by atoms with Crippen LogP contribution in [0.4, 0.5) is 0 Å². The summed E-state index contributed by atoms with van der Waals surface area (Å²) in [7, 11) is 0. The first kappa shape index (κ1) is 72.7. The Morgan fingerprint density at radius 1 is 0.376 bits per heavy atom. The van der Waals surface area contributed by atoms with Gasteiger partial charge >= 0.3 is 0 Å². The summed E-state index contributed by atoms with van der Waals surface area (Å²) >= 11 is 0. The van der Waals surface area contributed by atoms with E-state index in [4.69, 9.17) is 23.7 Å². The molecule has 1 aromatic heterocycles. The molecular formula is C90H90N4O7. The van der Waals surface area contributed by atoms with Crippen molar-refractivity contribution in [3.63, 3.8) is 0 Å². The monoisotopic (exact) mass is 1340 g/mol. The van der Waals surface area contributed by atoms with Crippen LogP contribution in [0.3, 0.4) is 0 Å². The average Bonchev–Trinajstić information content (AvgIpc) is 0.764. The molecule has 1 heterocycles. The highest BCUT2D eigenvalue weighted by atomic mass is 16.5. The number of carbonyl (C=O) groups is 2. The summed E-state index contributed by atoms with van der Waals surface area (Å²) in [5.41, 5.74) is 7.23. The number of nitrogens with zero attached hydrogens (tertiary/aromatic N) is 4. The van der Waals surface area contributed by atoms with E-state index >= 15 is 4.79 Å². The lowest BCUT2D eigenvalue weighted by Crippen LogP contribution is -2.28. The molecule has 0 aliphatic carbocycles. The Morgan fingerprint density at radius 3 is 1.30 bits per heavy atom. The Hall–Kier alpha value is -11.1. The van der Waals surface area contributed by atoms with Crippen LogP contribution in [0.2, 0.25) is 0 Å². The molecule has 0 atom stereocenters. The normalized spacial score (nSPS) is 12.0. The highest BCUT2D eigenvalue weighted by Gasteiger charge is 2.38. The first-order valence-corrected chi connectivity index (χ1v) is 34.3. The Kier molecular flexibility index (Phi) is 20.6. The van der Waals surface area contributed by atoms with Gasteiger partial charge in [0, 0.05) is 62.3 Å². The zero-order chi connectivity index (χ0) is 73.1. The first-order chi connectivity index (χ1) is 47.6. The molecule has 11 nitrogen and oxygen atoms in total. The minimum atomic E-state index is -0.602. The third-order valence-corrected chi connectivity index (χ3v) is 17.9. The first-order valence-electron chi connectivity index (χ1n) is 34.3. The fraction of sp³-hybridized carbons (Fsp3) is 0.289. The van der Waals surface area contributed by atoms with Gasteiger partial charge in [0.1, 0.15) is 81.1 Å². The molecule has 0 spiro atoms. The maximum Gasteiger partial charge on any atom is 0.219 e. The van der Waals surface area contributed by atoms with Crippen LogP contribution in [0.25, 0.3) is 22.3 Å². The maximum absolute atomic E-state index is 15.5. The van der Waals surface area contributed by atoms with Crippen molar-refractivity contribution in [2.24, 2.45) is 10.8 Å². The van der Waals surface area contributed by atoms with Crippen molar-refractivity contribution < 1.29 is 33.3 Å². The van der Waals surface area contributed by atoms with Gasteiger partial charge < -0.3 is 23.7 Å². The summed E-state index contributed by atoms with van der Waals surface area (Å²) in [5.74, 6) is 3.88. The van der Waals surface area contributed by atoms with Crippen LogP contribution in [-0.4, -0.2) is 16.6 Å². The van der Waals surface area contributed by atoms with Crippen LogP contribution >= 0.6 is 0 Å². The van der Waals surface area contributed by atoms with Gasteiger partial charge in [-0.15, -0.1) is 0 Å². The van der Waals surface area contributed by atoms with E-state index in [2.05, 4.69) is 134 Å². The zero-order valence-electron chi connectivity index (χ0n) is 61.5. The fourth-order valence-corrected chi connectivity index (χ4v) is 14.0. The molecule has 11 heteroatoms. The van der Waals surface area contributed by atoms with E-state index in [0.717, 1.165) is 33.4 Å². The molecule has 0 aliphatic heterocycles. The molecule has 0 saturated carbocycles. The molecule has 10 aromatic rings. The quantitative estimate of drug-likeness (QED) is 0.0667. The van der Waals surface area contributed by atoms with Crippen molar-refractivity contribution in [2.45, 2.75) is 159 Å². The smallest absolute Gasteiger partial charge is 0.219 e. The third kappa shape index (κ3) is 16.6. The van der Waals surface area contributed by atoms with Crippen molar-refractivity contribution in [3.05, 3.63) is 267 Å². The Bertz CT molecular complexity index is 4920. The topological polar surface area (TPSA) is 165 Å². The number of ketones is 2. The molecular weight excluding hydrogens is 1250 g/mol. The van der Waals surface area contributed by atoms with E-state index in [-0.39, 0.29) is 45.0 Å². The van der Waals surface area contributed by atoms with Crippen LogP contribution in [0, 0.1) is 58.7 Å². The van der Waals surface area contributed by atoms with Gasteiger partial charge in [-0.1, -0.05) is 207 Å². The van der Waals surface area contributed by atoms with Gasteiger partial charge in [0.05, 0.1) is 5.56 Å². The molecule has 0 radical (unpaired) electrons.